The molecule has 190 valence electrons. The van der Waals surface area contributed by atoms with Crippen molar-refractivity contribution in [2.24, 2.45) is 11.8 Å². The SMILES string of the molecule is C=CCN(C(=O)C1N(CCCCO)C(=O)[C@@H]2[C@H](C(=O)OCC)[C@@H]3CCC12S3)c1c(C)cccc1C. The van der Waals surface area contributed by atoms with Gasteiger partial charge in [0.25, 0.3) is 5.91 Å². The Morgan fingerprint density at radius 1 is 1.31 bits per heavy atom. The average molecular weight is 501 g/mol. The minimum atomic E-state index is -0.674. The number of likely N-dealkylation sites (tertiary alicyclic amines) is 1. The van der Waals surface area contributed by atoms with E-state index in [1.54, 1.807) is 34.6 Å². The molecule has 0 aliphatic carbocycles. The number of aryl methyl sites for hydroxylation is 2. The van der Waals surface area contributed by atoms with E-state index >= 15 is 0 Å². The van der Waals surface area contributed by atoms with Crippen molar-refractivity contribution in [2.75, 3.05) is 31.2 Å². The van der Waals surface area contributed by atoms with Gasteiger partial charge in [0.1, 0.15) is 6.04 Å². The zero-order valence-electron chi connectivity index (χ0n) is 20.9. The highest BCUT2D eigenvalue weighted by atomic mass is 32.2. The first-order valence-corrected chi connectivity index (χ1v) is 13.4. The van der Waals surface area contributed by atoms with Gasteiger partial charge in [-0.1, -0.05) is 24.3 Å². The molecule has 1 aromatic carbocycles. The molecule has 3 fully saturated rings. The lowest BCUT2D eigenvalue weighted by Crippen LogP contribution is -2.55. The normalized spacial score (nSPS) is 28.8. The minimum absolute atomic E-state index is 0.00839. The van der Waals surface area contributed by atoms with Crippen LogP contribution < -0.4 is 4.90 Å². The molecule has 8 heteroatoms. The van der Waals surface area contributed by atoms with Crippen LogP contribution in [-0.2, 0) is 19.1 Å². The second-order valence-corrected chi connectivity index (χ2v) is 11.3. The van der Waals surface area contributed by atoms with E-state index in [0.29, 0.717) is 25.9 Å². The molecule has 0 aromatic heterocycles. The Bertz CT molecular complexity index is 993. The molecular weight excluding hydrogens is 464 g/mol. The van der Waals surface area contributed by atoms with Gasteiger partial charge in [0.2, 0.25) is 5.91 Å². The van der Waals surface area contributed by atoms with E-state index in [1.807, 2.05) is 32.0 Å². The number of aliphatic hydroxyl groups excluding tert-OH is 1. The molecular formula is C27H36N2O5S. The molecule has 1 N–H and O–H groups in total. The van der Waals surface area contributed by atoms with E-state index in [9.17, 15) is 19.5 Å². The van der Waals surface area contributed by atoms with Crippen molar-refractivity contribution in [3.05, 3.63) is 42.0 Å². The quantitative estimate of drug-likeness (QED) is 0.302. The number of hydrogen-bond acceptors (Lipinski definition) is 6. The topological polar surface area (TPSA) is 87.2 Å². The number of anilines is 1. The van der Waals surface area contributed by atoms with Gasteiger partial charge < -0.3 is 19.6 Å². The standard InChI is InChI=1S/C27H36N2O5S/c1-5-14-28(22-17(3)10-9-11-18(22)4)25(32)23-27-13-12-19(35-27)20(26(33)34-6-2)21(27)24(31)29(23)15-7-8-16-30/h5,9-11,19-21,23,30H,1,6-8,12-16H2,2-4H3/t19-,20+,21-,23?,27?/m0/s1. The summed E-state index contributed by atoms with van der Waals surface area (Å²) < 4.78 is 4.74. The number of amides is 2. The molecule has 2 bridgehead atoms. The number of thioether (sulfide) groups is 1. The highest BCUT2D eigenvalue weighted by Crippen LogP contribution is 2.66. The van der Waals surface area contributed by atoms with Crippen molar-refractivity contribution in [3.8, 4) is 0 Å². The number of benzene rings is 1. The van der Waals surface area contributed by atoms with E-state index in [0.717, 1.165) is 29.7 Å². The summed E-state index contributed by atoms with van der Waals surface area (Å²) in [6.45, 7) is 10.6. The molecule has 3 aliphatic rings. The fourth-order valence-corrected chi connectivity index (χ4v) is 8.57. The number of para-hydroxylation sites is 1. The predicted octanol–water partition coefficient (Wildman–Crippen LogP) is 3.25. The number of aliphatic hydroxyl groups is 1. The van der Waals surface area contributed by atoms with Gasteiger partial charge in [-0.25, -0.2) is 0 Å². The van der Waals surface area contributed by atoms with Crippen molar-refractivity contribution in [2.45, 2.75) is 62.5 Å². The Labute approximate surface area is 211 Å². The van der Waals surface area contributed by atoms with Crippen LogP contribution in [-0.4, -0.2) is 70.1 Å². The maximum Gasteiger partial charge on any atom is 0.310 e. The Morgan fingerprint density at radius 3 is 2.66 bits per heavy atom. The van der Waals surface area contributed by atoms with E-state index in [1.165, 1.54) is 0 Å². The summed E-state index contributed by atoms with van der Waals surface area (Å²) in [5, 5.41) is 9.32. The number of esters is 1. The Hall–Kier alpha value is -2.32. The highest BCUT2D eigenvalue weighted by molar-refractivity contribution is 8.02. The number of carbonyl (C=O) groups is 3. The molecule has 3 aliphatic heterocycles. The lowest BCUT2D eigenvalue weighted by atomic mass is 9.71. The first-order chi connectivity index (χ1) is 16.8. The molecule has 1 aromatic rings. The fourth-order valence-electron chi connectivity index (χ4n) is 6.37. The first kappa shape index (κ1) is 25.8. The molecule has 2 amide bonds. The van der Waals surface area contributed by atoms with Crippen LogP contribution in [0.15, 0.2) is 30.9 Å². The van der Waals surface area contributed by atoms with Crippen LogP contribution in [0.1, 0.15) is 43.7 Å². The predicted molar refractivity (Wildman–Crippen MR) is 137 cm³/mol. The molecule has 35 heavy (non-hydrogen) atoms. The Morgan fingerprint density at radius 2 is 2.03 bits per heavy atom. The third-order valence-corrected chi connectivity index (χ3v) is 9.64. The summed E-state index contributed by atoms with van der Waals surface area (Å²) in [6.07, 6.45) is 4.37. The third-order valence-electron chi connectivity index (χ3n) is 7.69. The average Bonchev–Trinajstić information content (AvgIpc) is 3.46. The lowest BCUT2D eigenvalue weighted by molar-refractivity contribution is -0.153. The molecule has 7 nitrogen and oxygen atoms in total. The van der Waals surface area contributed by atoms with Crippen molar-refractivity contribution < 1.29 is 24.2 Å². The first-order valence-electron chi connectivity index (χ1n) is 12.6. The summed E-state index contributed by atoms with van der Waals surface area (Å²) in [4.78, 5) is 44.8. The molecule has 3 heterocycles. The lowest BCUT2D eigenvalue weighted by Gasteiger charge is -2.38. The van der Waals surface area contributed by atoms with E-state index in [-0.39, 0.29) is 36.2 Å². The Balaban J connectivity index is 1.78. The zero-order chi connectivity index (χ0) is 25.3. The molecule has 0 radical (unpaired) electrons. The number of rotatable bonds is 10. The van der Waals surface area contributed by atoms with Gasteiger partial charge in [-0.05, 0) is 57.6 Å². The summed E-state index contributed by atoms with van der Waals surface area (Å²) >= 11 is 1.65. The van der Waals surface area contributed by atoms with Crippen LogP contribution >= 0.6 is 11.8 Å². The monoisotopic (exact) mass is 500 g/mol. The van der Waals surface area contributed by atoms with Gasteiger partial charge in [-0.2, -0.15) is 0 Å². The smallest absolute Gasteiger partial charge is 0.310 e. The van der Waals surface area contributed by atoms with Crippen LogP contribution in [0.5, 0.6) is 0 Å². The second-order valence-electron chi connectivity index (χ2n) is 9.75. The largest absolute Gasteiger partial charge is 0.466 e. The molecule has 4 rings (SSSR count). The highest BCUT2D eigenvalue weighted by Gasteiger charge is 2.74. The maximum absolute atomic E-state index is 14.5. The number of hydrogen-bond donors (Lipinski definition) is 1. The number of unbranched alkanes of at least 4 members (excludes halogenated alkanes) is 1. The van der Waals surface area contributed by atoms with E-state index in [2.05, 4.69) is 6.58 Å². The fraction of sp³-hybridized carbons (Fsp3) is 0.593. The van der Waals surface area contributed by atoms with Crippen molar-refractivity contribution in [1.82, 2.24) is 4.90 Å². The second kappa shape index (κ2) is 10.3. The Kier molecular flexibility index (Phi) is 7.62. The number of ether oxygens (including phenoxy) is 1. The summed E-state index contributed by atoms with van der Waals surface area (Å²) in [5.74, 6) is -1.66. The van der Waals surface area contributed by atoms with E-state index in [4.69, 9.17) is 4.74 Å². The summed E-state index contributed by atoms with van der Waals surface area (Å²) in [5.41, 5.74) is 2.82. The molecule has 2 unspecified atom stereocenters. The van der Waals surface area contributed by atoms with Crippen LogP contribution in [0.2, 0.25) is 0 Å². The van der Waals surface area contributed by atoms with Gasteiger partial charge >= 0.3 is 5.97 Å². The number of nitrogens with zero attached hydrogens (tertiary/aromatic N) is 2. The molecule has 5 atom stereocenters. The van der Waals surface area contributed by atoms with Gasteiger partial charge in [0, 0.05) is 30.6 Å². The summed E-state index contributed by atoms with van der Waals surface area (Å²) in [7, 11) is 0. The van der Waals surface area contributed by atoms with Gasteiger partial charge in [-0.15, -0.1) is 18.3 Å². The molecule has 3 saturated heterocycles. The van der Waals surface area contributed by atoms with Gasteiger partial charge in [0.05, 0.1) is 23.2 Å². The number of fused-ring (bicyclic) bond motifs is 1. The minimum Gasteiger partial charge on any atom is -0.466 e. The third kappa shape index (κ3) is 4.18. The van der Waals surface area contributed by atoms with Gasteiger partial charge in [0.15, 0.2) is 0 Å². The number of carbonyl (C=O) groups excluding carboxylic acids is 3. The summed E-state index contributed by atoms with van der Waals surface area (Å²) in [6, 6.07) is 5.27. The van der Waals surface area contributed by atoms with Crippen LogP contribution in [0, 0.1) is 25.7 Å². The van der Waals surface area contributed by atoms with Gasteiger partial charge in [-0.3, -0.25) is 14.4 Å². The van der Waals surface area contributed by atoms with Crippen LogP contribution in [0.4, 0.5) is 5.69 Å². The van der Waals surface area contributed by atoms with Crippen molar-refractivity contribution in [1.29, 1.82) is 0 Å². The zero-order valence-corrected chi connectivity index (χ0v) is 21.7. The van der Waals surface area contributed by atoms with E-state index < -0.39 is 22.6 Å². The van der Waals surface area contributed by atoms with Crippen LogP contribution in [0.25, 0.3) is 0 Å². The van der Waals surface area contributed by atoms with Crippen molar-refractivity contribution in [3.63, 3.8) is 0 Å². The molecule has 0 saturated carbocycles. The van der Waals surface area contributed by atoms with Crippen molar-refractivity contribution >= 4 is 35.2 Å². The molecule has 1 spiro atoms. The maximum atomic E-state index is 14.5. The van der Waals surface area contributed by atoms with Crippen LogP contribution in [0.3, 0.4) is 0 Å².